The van der Waals surface area contributed by atoms with Crippen molar-refractivity contribution in [2.45, 2.75) is 33.4 Å². The van der Waals surface area contributed by atoms with Gasteiger partial charge < -0.3 is 10.6 Å². The maximum atomic E-state index is 12.0. The number of hydrogen-bond acceptors (Lipinski definition) is 3. The first-order valence-electron chi connectivity index (χ1n) is 7.62. The van der Waals surface area contributed by atoms with Gasteiger partial charge in [-0.15, -0.1) is 0 Å². The summed E-state index contributed by atoms with van der Waals surface area (Å²) >= 11 is 0. The van der Waals surface area contributed by atoms with Crippen molar-refractivity contribution < 1.29 is 4.79 Å². The monoisotopic (exact) mass is 300 g/mol. The predicted molar refractivity (Wildman–Crippen MR) is 88.7 cm³/mol. The second-order valence-corrected chi connectivity index (χ2v) is 5.88. The normalized spacial score (nSPS) is 12.2. The van der Waals surface area contributed by atoms with Crippen LogP contribution in [0.15, 0.2) is 42.7 Å². The summed E-state index contributed by atoms with van der Waals surface area (Å²) in [5.41, 5.74) is 2.12. The Bertz CT molecular complexity index is 592. The Hall–Kier alpha value is -2.30. The first kappa shape index (κ1) is 16.1. The van der Waals surface area contributed by atoms with Crippen LogP contribution in [0.2, 0.25) is 0 Å². The van der Waals surface area contributed by atoms with E-state index in [1.54, 1.807) is 10.9 Å². The molecule has 0 aliphatic heterocycles. The molecule has 0 unspecified atom stereocenters. The van der Waals surface area contributed by atoms with Crippen LogP contribution < -0.4 is 10.6 Å². The van der Waals surface area contributed by atoms with Gasteiger partial charge in [0.25, 0.3) is 0 Å². The molecular weight excluding hydrogens is 276 g/mol. The molecule has 1 aromatic carbocycles. The smallest absolute Gasteiger partial charge is 0.241 e. The van der Waals surface area contributed by atoms with Crippen molar-refractivity contribution in [1.82, 2.24) is 15.1 Å². The third kappa shape index (κ3) is 4.91. The predicted octanol–water partition coefficient (Wildman–Crippen LogP) is 2.44. The number of nitrogens with one attached hydrogen (secondary N) is 2. The van der Waals surface area contributed by atoms with Gasteiger partial charge in [0.2, 0.25) is 5.91 Å². The van der Waals surface area contributed by atoms with Gasteiger partial charge in [0.1, 0.15) is 6.54 Å². The Labute approximate surface area is 131 Å². The number of para-hydroxylation sites is 1. The van der Waals surface area contributed by atoms with E-state index in [1.165, 1.54) is 0 Å². The van der Waals surface area contributed by atoms with Gasteiger partial charge >= 0.3 is 0 Å². The minimum atomic E-state index is -0.0244. The van der Waals surface area contributed by atoms with E-state index in [0.717, 1.165) is 11.3 Å². The summed E-state index contributed by atoms with van der Waals surface area (Å²) in [6.07, 6.45) is 3.61. The molecule has 2 aromatic rings. The van der Waals surface area contributed by atoms with Crippen LogP contribution in [0, 0.1) is 12.8 Å². The van der Waals surface area contributed by atoms with Crippen LogP contribution in [-0.2, 0) is 11.3 Å². The molecule has 1 amide bonds. The van der Waals surface area contributed by atoms with Gasteiger partial charge in [-0.25, -0.2) is 0 Å². The Morgan fingerprint density at radius 3 is 2.59 bits per heavy atom. The van der Waals surface area contributed by atoms with Crippen LogP contribution in [0.1, 0.15) is 19.4 Å². The van der Waals surface area contributed by atoms with Gasteiger partial charge in [-0.3, -0.25) is 9.48 Å². The van der Waals surface area contributed by atoms with Crippen LogP contribution in [0.4, 0.5) is 5.69 Å². The summed E-state index contributed by atoms with van der Waals surface area (Å²) in [6.45, 7) is 7.09. The zero-order valence-electron chi connectivity index (χ0n) is 13.4. The van der Waals surface area contributed by atoms with Gasteiger partial charge in [0.05, 0.1) is 6.20 Å². The maximum Gasteiger partial charge on any atom is 0.241 e. The molecule has 5 heteroatoms. The summed E-state index contributed by atoms with van der Waals surface area (Å²) in [6, 6.07) is 10.2. The fourth-order valence-corrected chi connectivity index (χ4v) is 2.18. The van der Waals surface area contributed by atoms with Crippen molar-refractivity contribution in [2.24, 2.45) is 5.92 Å². The molecule has 2 N–H and O–H groups in total. The molecule has 0 spiro atoms. The minimum absolute atomic E-state index is 0.0244. The van der Waals surface area contributed by atoms with E-state index in [1.807, 2.05) is 43.5 Å². The van der Waals surface area contributed by atoms with Crippen LogP contribution in [-0.4, -0.2) is 28.3 Å². The number of hydrogen-bond donors (Lipinski definition) is 2. The highest BCUT2D eigenvalue weighted by Gasteiger charge is 2.14. The van der Waals surface area contributed by atoms with Crippen molar-refractivity contribution in [3.63, 3.8) is 0 Å². The number of amides is 1. The highest BCUT2D eigenvalue weighted by Crippen LogP contribution is 2.11. The van der Waals surface area contributed by atoms with Crippen LogP contribution >= 0.6 is 0 Å². The zero-order valence-corrected chi connectivity index (χ0v) is 13.4. The molecule has 0 saturated carbocycles. The van der Waals surface area contributed by atoms with Gasteiger partial charge in [-0.2, -0.15) is 5.10 Å². The summed E-state index contributed by atoms with van der Waals surface area (Å²) < 4.78 is 1.65. The molecule has 118 valence electrons. The SMILES string of the molecule is Cc1cnn(CC(=O)NC[C@@H](Nc2ccccc2)C(C)C)c1. The maximum absolute atomic E-state index is 12.0. The second kappa shape index (κ2) is 7.64. The molecule has 0 saturated heterocycles. The first-order valence-corrected chi connectivity index (χ1v) is 7.62. The third-order valence-electron chi connectivity index (χ3n) is 3.52. The molecule has 0 fully saturated rings. The number of benzene rings is 1. The van der Waals surface area contributed by atoms with E-state index < -0.39 is 0 Å². The summed E-state index contributed by atoms with van der Waals surface area (Å²) in [4.78, 5) is 12.0. The lowest BCUT2D eigenvalue weighted by atomic mass is 10.0. The topological polar surface area (TPSA) is 59.0 Å². The van der Waals surface area contributed by atoms with Crippen molar-refractivity contribution >= 4 is 11.6 Å². The van der Waals surface area contributed by atoms with Crippen LogP contribution in [0.25, 0.3) is 0 Å². The molecular formula is C17H24N4O. The summed E-state index contributed by atoms with van der Waals surface area (Å²) in [7, 11) is 0. The van der Waals surface area contributed by atoms with Crippen molar-refractivity contribution in [3.8, 4) is 0 Å². The molecule has 0 bridgehead atoms. The van der Waals surface area contributed by atoms with Crippen LogP contribution in [0.3, 0.4) is 0 Å². The lowest BCUT2D eigenvalue weighted by molar-refractivity contribution is -0.121. The molecule has 1 atom stereocenters. The molecule has 2 rings (SSSR count). The number of carbonyl (C=O) groups is 1. The molecule has 22 heavy (non-hydrogen) atoms. The largest absolute Gasteiger partial charge is 0.380 e. The van der Waals surface area contributed by atoms with Gasteiger partial charge in [0.15, 0.2) is 0 Å². The average Bonchev–Trinajstić information content (AvgIpc) is 2.89. The quantitative estimate of drug-likeness (QED) is 0.825. The van der Waals surface area contributed by atoms with Gasteiger partial charge in [0, 0.05) is 24.5 Å². The third-order valence-corrected chi connectivity index (χ3v) is 3.52. The average molecular weight is 300 g/mol. The number of nitrogens with zero attached hydrogens (tertiary/aromatic N) is 2. The number of anilines is 1. The highest BCUT2D eigenvalue weighted by molar-refractivity contribution is 5.75. The van der Waals surface area contributed by atoms with Gasteiger partial charge in [-0.1, -0.05) is 32.0 Å². The zero-order chi connectivity index (χ0) is 15.9. The Morgan fingerprint density at radius 1 is 1.27 bits per heavy atom. The van der Waals surface area contributed by atoms with Gasteiger partial charge in [-0.05, 0) is 30.5 Å². The molecule has 0 aliphatic rings. The standard InChI is InChI=1S/C17H24N4O/c1-13(2)16(20-15-7-5-4-6-8-15)10-18-17(22)12-21-11-14(3)9-19-21/h4-9,11,13,16,20H,10,12H2,1-3H3,(H,18,22)/t16-/m1/s1. The van der Waals surface area contributed by atoms with E-state index >= 15 is 0 Å². The molecule has 0 radical (unpaired) electrons. The Balaban J connectivity index is 1.84. The molecule has 5 nitrogen and oxygen atoms in total. The van der Waals surface area contributed by atoms with E-state index in [9.17, 15) is 4.79 Å². The van der Waals surface area contributed by atoms with Crippen LogP contribution in [0.5, 0.6) is 0 Å². The molecule has 0 aliphatic carbocycles. The Morgan fingerprint density at radius 2 is 2.00 bits per heavy atom. The number of rotatable bonds is 7. The molecule has 1 aromatic heterocycles. The fourth-order valence-electron chi connectivity index (χ4n) is 2.18. The van der Waals surface area contributed by atoms with Crippen molar-refractivity contribution in [3.05, 3.63) is 48.3 Å². The van der Waals surface area contributed by atoms with E-state index in [0.29, 0.717) is 12.5 Å². The second-order valence-electron chi connectivity index (χ2n) is 5.88. The van der Waals surface area contributed by atoms with Crippen molar-refractivity contribution in [2.75, 3.05) is 11.9 Å². The van der Waals surface area contributed by atoms with E-state index in [4.69, 9.17) is 0 Å². The molecule has 1 heterocycles. The first-order chi connectivity index (χ1) is 10.5. The van der Waals surface area contributed by atoms with E-state index in [-0.39, 0.29) is 18.5 Å². The minimum Gasteiger partial charge on any atom is -0.380 e. The lowest BCUT2D eigenvalue weighted by Crippen LogP contribution is -2.40. The lowest BCUT2D eigenvalue weighted by Gasteiger charge is -2.24. The van der Waals surface area contributed by atoms with Crippen molar-refractivity contribution in [1.29, 1.82) is 0 Å². The highest BCUT2D eigenvalue weighted by atomic mass is 16.2. The number of carbonyl (C=O) groups excluding carboxylic acids is 1. The van der Waals surface area contributed by atoms with E-state index in [2.05, 4.69) is 29.6 Å². The number of aromatic nitrogens is 2. The summed E-state index contributed by atoms with van der Waals surface area (Å²) in [5, 5.41) is 10.6. The Kier molecular flexibility index (Phi) is 5.58. The summed E-state index contributed by atoms with van der Waals surface area (Å²) in [5.74, 6) is 0.385. The fraction of sp³-hybridized carbons (Fsp3) is 0.412. The number of aryl methyl sites for hydroxylation is 1.